The van der Waals surface area contributed by atoms with E-state index < -0.39 is 0 Å². The molecule has 0 unspecified atom stereocenters. The minimum Gasteiger partial charge on any atom is -0.376 e. The van der Waals surface area contributed by atoms with Crippen molar-refractivity contribution in [3.05, 3.63) is 12.2 Å². The maximum Gasteiger partial charge on any atom is 0.291 e. The highest BCUT2D eigenvalue weighted by molar-refractivity contribution is 5.90. The number of likely N-dealkylation sites (tertiary alicyclic amines) is 2. The first kappa shape index (κ1) is 17.9. The van der Waals surface area contributed by atoms with Crippen molar-refractivity contribution in [3.63, 3.8) is 0 Å². The lowest BCUT2D eigenvalue weighted by molar-refractivity contribution is 0.0396. The number of amides is 1. The number of aryl methyl sites for hydroxylation is 1. The summed E-state index contributed by atoms with van der Waals surface area (Å²) < 4.78 is 7.76. The van der Waals surface area contributed by atoms with Crippen LogP contribution in [-0.4, -0.2) is 75.9 Å². The van der Waals surface area contributed by atoms with Crippen molar-refractivity contribution in [1.82, 2.24) is 24.6 Å². The average Bonchev–Trinajstić information content (AvgIpc) is 3.22. The minimum atomic E-state index is -0.00220. The highest BCUT2D eigenvalue weighted by Gasteiger charge is 2.43. The van der Waals surface area contributed by atoms with Crippen LogP contribution in [0.25, 0.3) is 0 Å². The topological polar surface area (TPSA) is 63.5 Å². The smallest absolute Gasteiger partial charge is 0.291 e. The van der Waals surface area contributed by atoms with Gasteiger partial charge in [-0.25, -0.2) is 9.67 Å². The third-order valence-corrected chi connectivity index (χ3v) is 6.50. The van der Waals surface area contributed by atoms with Crippen LogP contribution >= 0.6 is 0 Å². The van der Waals surface area contributed by atoms with E-state index in [1.807, 2.05) is 4.90 Å². The van der Waals surface area contributed by atoms with Gasteiger partial charge in [-0.1, -0.05) is 6.92 Å². The Kier molecular flexibility index (Phi) is 5.01. The van der Waals surface area contributed by atoms with Crippen molar-refractivity contribution in [1.29, 1.82) is 0 Å². The van der Waals surface area contributed by atoms with E-state index in [2.05, 4.69) is 21.9 Å². The molecule has 0 aliphatic carbocycles. The number of nitrogens with zero attached hydrogens (tertiary/aromatic N) is 5. The lowest BCUT2D eigenvalue weighted by Crippen LogP contribution is -2.44. The van der Waals surface area contributed by atoms with Gasteiger partial charge in [-0.2, -0.15) is 5.10 Å². The van der Waals surface area contributed by atoms with Crippen LogP contribution in [0.4, 0.5) is 0 Å². The summed E-state index contributed by atoms with van der Waals surface area (Å²) in [6, 6.07) is 0. The molecule has 0 saturated carbocycles. The summed E-state index contributed by atoms with van der Waals surface area (Å²) >= 11 is 0. The first-order chi connectivity index (χ1) is 12.5. The van der Waals surface area contributed by atoms with Gasteiger partial charge in [0.05, 0.1) is 12.7 Å². The maximum atomic E-state index is 12.6. The molecule has 1 aromatic heterocycles. The van der Waals surface area contributed by atoms with Gasteiger partial charge in [-0.05, 0) is 50.0 Å². The zero-order chi connectivity index (χ0) is 18.1. The molecule has 1 spiro atoms. The quantitative estimate of drug-likeness (QED) is 0.817. The second-order valence-electron chi connectivity index (χ2n) is 8.64. The van der Waals surface area contributed by atoms with Gasteiger partial charge in [-0.3, -0.25) is 4.79 Å². The summed E-state index contributed by atoms with van der Waals surface area (Å²) in [5.74, 6) is 1.24. The molecule has 2 atom stereocenters. The Hall–Kier alpha value is -1.47. The zero-order valence-corrected chi connectivity index (χ0v) is 16.1. The molecule has 26 heavy (non-hydrogen) atoms. The highest BCUT2D eigenvalue weighted by atomic mass is 16.5. The average molecular weight is 361 g/mol. The minimum absolute atomic E-state index is 0.00220. The summed E-state index contributed by atoms with van der Waals surface area (Å²) in [6.07, 6.45) is 7.69. The predicted octanol–water partition coefficient (Wildman–Crippen LogP) is 1.56. The van der Waals surface area contributed by atoms with Crippen molar-refractivity contribution in [3.8, 4) is 0 Å². The molecule has 3 saturated heterocycles. The third-order valence-electron chi connectivity index (χ3n) is 6.50. The molecular weight excluding hydrogens is 330 g/mol. The lowest BCUT2D eigenvalue weighted by atomic mass is 9.76. The Morgan fingerprint density at radius 1 is 1.35 bits per heavy atom. The largest absolute Gasteiger partial charge is 0.376 e. The van der Waals surface area contributed by atoms with E-state index >= 15 is 0 Å². The van der Waals surface area contributed by atoms with Gasteiger partial charge in [0.25, 0.3) is 5.91 Å². The number of hydrogen-bond acceptors (Lipinski definition) is 5. The van der Waals surface area contributed by atoms with E-state index in [9.17, 15) is 4.79 Å². The van der Waals surface area contributed by atoms with Crippen LogP contribution in [0.3, 0.4) is 0 Å². The molecule has 4 rings (SSSR count). The monoisotopic (exact) mass is 361 g/mol. The molecule has 0 radical (unpaired) electrons. The van der Waals surface area contributed by atoms with Crippen LogP contribution < -0.4 is 0 Å². The number of ether oxygens (including phenoxy) is 1. The fraction of sp³-hybridized carbons (Fsp3) is 0.842. The van der Waals surface area contributed by atoms with E-state index in [1.165, 1.54) is 32.3 Å². The summed E-state index contributed by atoms with van der Waals surface area (Å²) in [4.78, 5) is 21.2. The Morgan fingerprint density at radius 3 is 2.85 bits per heavy atom. The van der Waals surface area contributed by atoms with Gasteiger partial charge >= 0.3 is 0 Å². The van der Waals surface area contributed by atoms with Crippen molar-refractivity contribution in [2.45, 2.75) is 45.1 Å². The van der Waals surface area contributed by atoms with Crippen LogP contribution in [0.5, 0.6) is 0 Å². The van der Waals surface area contributed by atoms with Crippen LogP contribution in [0.15, 0.2) is 6.33 Å². The molecule has 0 aromatic carbocycles. The van der Waals surface area contributed by atoms with Gasteiger partial charge in [0.15, 0.2) is 0 Å². The summed E-state index contributed by atoms with van der Waals surface area (Å²) in [5, 5.41) is 4.01. The number of carbonyl (C=O) groups excluding carboxylic acids is 1. The standard InChI is InChI=1S/C19H31N5O2/c1-15-4-3-7-23(11-15)12-16-10-19(13-26-16)5-8-24(9-6-19)18(25)17-20-14-21-22(17)2/h14-16H,3-13H2,1-2H3/t15-,16+/m1/s1. The zero-order valence-electron chi connectivity index (χ0n) is 16.1. The maximum absolute atomic E-state index is 12.6. The number of aromatic nitrogens is 3. The number of piperidine rings is 2. The summed E-state index contributed by atoms with van der Waals surface area (Å²) in [6.45, 7) is 8.31. The molecule has 1 amide bonds. The predicted molar refractivity (Wildman–Crippen MR) is 97.8 cm³/mol. The van der Waals surface area contributed by atoms with E-state index in [1.54, 1.807) is 11.7 Å². The van der Waals surface area contributed by atoms with E-state index in [-0.39, 0.29) is 11.3 Å². The third kappa shape index (κ3) is 3.64. The first-order valence-electron chi connectivity index (χ1n) is 10.0. The fourth-order valence-corrected chi connectivity index (χ4v) is 4.92. The normalized spacial score (nSPS) is 29.4. The SMILES string of the molecule is C[C@@H]1CCCN(C[C@@H]2CC3(CCN(C(=O)c4ncnn4C)CC3)CO2)C1. The molecule has 3 fully saturated rings. The highest BCUT2D eigenvalue weighted by Crippen LogP contribution is 2.42. The molecule has 4 heterocycles. The summed E-state index contributed by atoms with van der Waals surface area (Å²) in [7, 11) is 1.77. The Balaban J connectivity index is 1.29. The van der Waals surface area contributed by atoms with Gasteiger partial charge in [0.1, 0.15) is 6.33 Å². The molecule has 3 aliphatic rings. The van der Waals surface area contributed by atoms with Crippen molar-refractivity contribution >= 4 is 5.91 Å². The molecule has 1 aromatic rings. The van der Waals surface area contributed by atoms with Crippen LogP contribution in [0, 0.1) is 11.3 Å². The number of carbonyl (C=O) groups is 1. The Morgan fingerprint density at radius 2 is 2.15 bits per heavy atom. The van der Waals surface area contributed by atoms with E-state index in [0.717, 1.165) is 51.4 Å². The van der Waals surface area contributed by atoms with E-state index in [4.69, 9.17) is 4.74 Å². The summed E-state index contributed by atoms with van der Waals surface area (Å²) in [5.41, 5.74) is 0.267. The van der Waals surface area contributed by atoms with Gasteiger partial charge in [0.2, 0.25) is 5.82 Å². The van der Waals surface area contributed by atoms with Gasteiger partial charge in [-0.15, -0.1) is 0 Å². The second kappa shape index (κ2) is 7.27. The molecule has 7 nitrogen and oxygen atoms in total. The molecule has 3 aliphatic heterocycles. The van der Waals surface area contributed by atoms with Crippen molar-refractivity contribution in [2.75, 3.05) is 39.3 Å². The van der Waals surface area contributed by atoms with Crippen LogP contribution in [-0.2, 0) is 11.8 Å². The molecule has 0 N–H and O–H groups in total. The number of rotatable bonds is 3. The molecule has 7 heteroatoms. The van der Waals surface area contributed by atoms with Crippen LogP contribution in [0.1, 0.15) is 49.6 Å². The van der Waals surface area contributed by atoms with Crippen molar-refractivity contribution < 1.29 is 9.53 Å². The fourth-order valence-electron chi connectivity index (χ4n) is 4.92. The second-order valence-corrected chi connectivity index (χ2v) is 8.64. The number of hydrogen-bond donors (Lipinski definition) is 0. The van der Waals surface area contributed by atoms with E-state index in [0.29, 0.717) is 11.9 Å². The van der Waals surface area contributed by atoms with Crippen molar-refractivity contribution in [2.24, 2.45) is 18.4 Å². The van der Waals surface area contributed by atoms with Crippen LogP contribution in [0.2, 0.25) is 0 Å². The molecule has 0 bridgehead atoms. The first-order valence-corrected chi connectivity index (χ1v) is 10.0. The Labute approximate surface area is 155 Å². The lowest BCUT2D eigenvalue weighted by Gasteiger charge is -2.38. The molecule has 144 valence electrons. The Bertz CT molecular complexity index is 638. The molecular formula is C19H31N5O2. The van der Waals surface area contributed by atoms with Gasteiger partial charge < -0.3 is 14.5 Å². The van der Waals surface area contributed by atoms with Gasteiger partial charge in [0, 0.05) is 33.2 Å².